The van der Waals surface area contributed by atoms with Crippen LogP contribution in [0, 0.1) is 0 Å². The maximum atomic E-state index is 2.35. The summed E-state index contributed by atoms with van der Waals surface area (Å²) < 4.78 is 0. The standard InChI is InChI=1S/C9H20B2/c10-11-9-7-5-3-1-2-4-6-8-9/h9,11H,1-8,10H2. The van der Waals surface area contributed by atoms with E-state index < -0.39 is 0 Å². The fourth-order valence-corrected chi connectivity index (χ4v) is 2.13. The lowest BCUT2D eigenvalue weighted by atomic mass is 9.45. The summed E-state index contributed by atoms with van der Waals surface area (Å²) in [5, 5.41) is 0. The monoisotopic (exact) mass is 150 g/mol. The van der Waals surface area contributed by atoms with E-state index >= 15 is 0 Å². The van der Waals surface area contributed by atoms with Crippen LogP contribution in [0.3, 0.4) is 0 Å². The molecule has 0 atom stereocenters. The summed E-state index contributed by atoms with van der Waals surface area (Å²) in [6.07, 6.45) is 12.0. The summed E-state index contributed by atoms with van der Waals surface area (Å²) in [5.74, 6) is 1.06. The Morgan fingerprint density at radius 3 is 1.73 bits per heavy atom. The van der Waals surface area contributed by atoms with Gasteiger partial charge in [0.15, 0.2) is 0 Å². The summed E-state index contributed by atoms with van der Waals surface area (Å²) in [7, 11) is 3.77. The topological polar surface area (TPSA) is 0 Å². The Morgan fingerprint density at radius 2 is 1.27 bits per heavy atom. The molecule has 1 rings (SSSR count). The summed E-state index contributed by atoms with van der Waals surface area (Å²) in [6, 6.07) is 0. The molecule has 0 unspecified atom stereocenters. The van der Waals surface area contributed by atoms with Crippen LogP contribution in [0.1, 0.15) is 51.4 Å². The Bertz CT molecular complexity index is 83.6. The van der Waals surface area contributed by atoms with Gasteiger partial charge in [0, 0.05) is 0 Å². The summed E-state index contributed by atoms with van der Waals surface area (Å²) in [5.41, 5.74) is 0. The molecule has 0 aliphatic heterocycles. The van der Waals surface area contributed by atoms with Crippen LogP contribution >= 0.6 is 0 Å². The highest BCUT2D eigenvalue weighted by Crippen LogP contribution is 2.24. The molecule has 0 nitrogen and oxygen atoms in total. The third kappa shape index (κ3) is 3.88. The van der Waals surface area contributed by atoms with Gasteiger partial charge in [0.2, 0.25) is 0 Å². The Kier molecular flexibility index (Phi) is 4.81. The maximum Gasteiger partial charge on any atom is 0.0860 e. The molecule has 0 aromatic rings. The minimum Gasteiger partial charge on any atom is -0.0737 e. The first-order chi connectivity index (χ1) is 5.43. The van der Waals surface area contributed by atoms with Crippen molar-refractivity contribution in [1.82, 2.24) is 0 Å². The molecule has 2 heteroatoms. The van der Waals surface area contributed by atoms with Crippen molar-refractivity contribution in [2.45, 2.75) is 57.2 Å². The molecule has 0 aromatic heterocycles. The van der Waals surface area contributed by atoms with Crippen molar-refractivity contribution in [3.8, 4) is 0 Å². The number of hydrogen-bond donors (Lipinski definition) is 0. The van der Waals surface area contributed by atoms with Crippen molar-refractivity contribution in [3.63, 3.8) is 0 Å². The van der Waals surface area contributed by atoms with Gasteiger partial charge >= 0.3 is 0 Å². The van der Waals surface area contributed by atoms with Gasteiger partial charge in [-0.15, -0.1) is 0 Å². The maximum absolute atomic E-state index is 2.35. The Hall–Kier alpha value is 0.130. The molecule has 0 radical (unpaired) electrons. The van der Waals surface area contributed by atoms with Crippen LogP contribution in [0.15, 0.2) is 0 Å². The molecule has 0 heterocycles. The van der Waals surface area contributed by atoms with Crippen LogP contribution in [0.2, 0.25) is 5.82 Å². The summed E-state index contributed by atoms with van der Waals surface area (Å²) in [6.45, 7) is 0. The van der Waals surface area contributed by atoms with Gasteiger partial charge in [-0.2, -0.15) is 0 Å². The van der Waals surface area contributed by atoms with E-state index in [0.29, 0.717) is 0 Å². The molecule has 0 amide bonds. The van der Waals surface area contributed by atoms with Crippen molar-refractivity contribution in [2.24, 2.45) is 0 Å². The molecule has 62 valence electrons. The van der Waals surface area contributed by atoms with Crippen molar-refractivity contribution in [2.75, 3.05) is 0 Å². The fraction of sp³-hybridized carbons (Fsp3) is 1.00. The second-order valence-corrected chi connectivity index (χ2v) is 3.97. The molecule has 1 aliphatic carbocycles. The third-order valence-electron chi connectivity index (χ3n) is 3.05. The van der Waals surface area contributed by atoms with Gasteiger partial charge in [-0.3, -0.25) is 0 Å². The molecular formula is C9H20B2. The van der Waals surface area contributed by atoms with Crippen LogP contribution < -0.4 is 0 Å². The van der Waals surface area contributed by atoms with Gasteiger partial charge in [0.1, 0.15) is 0 Å². The zero-order valence-electron chi connectivity index (χ0n) is 7.94. The first-order valence-corrected chi connectivity index (χ1v) is 5.43. The fourth-order valence-electron chi connectivity index (χ4n) is 2.13. The molecule has 1 fully saturated rings. The van der Waals surface area contributed by atoms with Crippen LogP contribution in [0.4, 0.5) is 0 Å². The van der Waals surface area contributed by atoms with E-state index in [9.17, 15) is 0 Å². The minimum absolute atomic E-state index is 1.06. The van der Waals surface area contributed by atoms with E-state index in [1.807, 2.05) is 0 Å². The molecular weight excluding hydrogens is 130 g/mol. The molecule has 11 heavy (non-hydrogen) atoms. The molecule has 0 saturated heterocycles. The first kappa shape index (κ1) is 9.22. The van der Waals surface area contributed by atoms with Crippen LogP contribution in [-0.4, -0.2) is 14.9 Å². The van der Waals surface area contributed by atoms with Gasteiger partial charge < -0.3 is 0 Å². The van der Waals surface area contributed by atoms with Gasteiger partial charge in [-0.05, 0) is 0 Å². The molecule has 0 aromatic carbocycles. The Morgan fingerprint density at radius 1 is 0.818 bits per heavy atom. The molecule has 1 saturated carbocycles. The summed E-state index contributed by atoms with van der Waals surface area (Å²) in [4.78, 5) is 0. The van der Waals surface area contributed by atoms with Gasteiger partial charge in [-0.25, -0.2) is 0 Å². The minimum atomic E-state index is 1.06. The lowest BCUT2D eigenvalue weighted by Gasteiger charge is -2.11. The first-order valence-electron chi connectivity index (χ1n) is 5.43. The van der Waals surface area contributed by atoms with E-state index in [1.165, 1.54) is 58.5 Å². The van der Waals surface area contributed by atoms with Crippen molar-refractivity contribution < 1.29 is 0 Å². The van der Waals surface area contributed by atoms with Gasteiger partial charge in [0.25, 0.3) is 0 Å². The highest BCUT2D eigenvalue weighted by molar-refractivity contribution is 6.90. The van der Waals surface area contributed by atoms with Gasteiger partial charge in [0.05, 0.1) is 14.9 Å². The number of rotatable bonds is 1. The highest BCUT2D eigenvalue weighted by atomic mass is 14.1. The second-order valence-electron chi connectivity index (χ2n) is 3.97. The second kappa shape index (κ2) is 5.74. The quantitative estimate of drug-likeness (QED) is 0.500. The molecule has 0 N–H and O–H groups in total. The van der Waals surface area contributed by atoms with E-state index in [1.54, 1.807) is 0 Å². The van der Waals surface area contributed by atoms with Crippen molar-refractivity contribution >= 4 is 14.9 Å². The predicted octanol–water partition coefficient (Wildman–Crippen LogP) is 1.89. The van der Waals surface area contributed by atoms with Gasteiger partial charge in [-0.1, -0.05) is 57.2 Å². The normalized spacial score (nSPS) is 23.3. The Labute approximate surface area is 72.8 Å². The van der Waals surface area contributed by atoms with E-state index in [4.69, 9.17) is 0 Å². The van der Waals surface area contributed by atoms with E-state index in [2.05, 4.69) is 7.74 Å². The molecule has 0 spiro atoms. The average molecular weight is 150 g/mol. The van der Waals surface area contributed by atoms with E-state index in [0.717, 1.165) is 5.82 Å². The van der Waals surface area contributed by atoms with E-state index in [-0.39, 0.29) is 0 Å². The smallest absolute Gasteiger partial charge is 0.0737 e. The third-order valence-corrected chi connectivity index (χ3v) is 3.05. The van der Waals surface area contributed by atoms with Crippen molar-refractivity contribution in [1.29, 1.82) is 0 Å². The zero-order chi connectivity index (χ0) is 7.94. The van der Waals surface area contributed by atoms with Crippen LogP contribution in [0.25, 0.3) is 0 Å². The lowest BCUT2D eigenvalue weighted by Crippen LogP contribution is -2.03. The summed E-state index contributed by atoms with van der Waals surface area (Å²) >= 11 is 0. The lowest BCUT2D eigenvalue weighted by molar-refractivity contribution is 0.622. The SMILES string of the molecule is BBC1CCCCCCCC1. The average Bonchev–Trinajstić information content (AvgIpc) is 2.16. The predicted molar refractivity (Wildman–Crippen MR) is 56.4 cm³/mol. The van der Waals surface area contributed by atoms with Crippen LogP contribution in [-0.2, 0) is 0 Å². The highest BCUT2D eigenvalue weighted by Gasteiger charge is 2.08. The van der Waals surface area contributed by atoms with Crippen molar-refractivity contribution in [3.05, 3.63) is 0 Å². The van der Waals surface area contributed by atoms with Crippen LogP contribution in [0.5, 0.6) is 0 Å². The Balaban J connectivity index is 2.19. The number of hydrogen-bond acceptors (Lipinski definition) is 0. The molecule has 0 bridgehead atoms. The molecule has 1 aliphatic rings. The zero-order valence-corrected chi connectivity index (χ0v) is 7.94. The largest absolute Gasteiger partial charge is 0.0860 e.